The molecule has 0 amide bonds. The van der Waals surface area contributed by atoms with Gasteiger partial charge in [-0.25, -0.2) is 0 Å². The average molecular weight is 140 g/mol. The summed E-state index contributed by atoms with van der Waals surface area (Å²) in [4.78, 5) is 11.0. The van der Waals surface area contributed by atoms with Gasteiger partial charge < -0.3 is 5.73 Å². The molecule has 2 rings (SSSR count). The first-order chi connectivity index (χ1) is 4.48. The standard InChI is InChI=1S/C8H13NO/c1-7(2)3-8(4-7)5(9)6(8)10/h5H,3-4,9H2,1-2H3/p+1. The largest absolute Gasteiger partial charge is 0.348 e. The van der Waals surface area contributed by atoms with Crippen molar-refractivity contribution in [2.45, 2.75) is 32.7 Å². The molecule has 10 heavy (non-hydrogen) atoms. The number of carbonyl (C=O) groups is 1. The highest BCUT2D eigenvalue weighted by Gasteiger charge is 2.74. The molecule has 0 radical (unpaired) electrons. The van der Waals surface area contributed by atoms with Crippen LogP contribution in [0.15, 0.2) is 0 Å². The van der Waals surface area contributed by atoms with E-state index in [1.54, 1.807) is 0 Å². The molecule has 56 valence electrons. The summed E-state index contributed by atoms with van der Waals surface area (Å²) in [5.74, 6) is 0.409. The Morgan fingerprint density at radius 1 is 1.50 bits per heavy atom. The van der Waals surface area contributed by atoms with Gasteiger partial charge in [0.05, 0.1) is 5.41 Å². The highest BCUT2D eigenvalue weighted by molar-refractivity contribution is 6.07. The summed E-state index contributed by atoms with van der Waals surface area (Å²) in [5.41, 5.74) is 4.31. The third-order valence-electron chi connectivity index (χ3n) is 2.98. The molecule has 0 aromatic heterocycles. The van der Waals surface area contributed by atoms with Crippen LogP contribution in [0.2, 0.25) is 0 Å². The Balaban J connectivity index is 2.10. The van der Waals surface area contributed by atoms with Gasteiger partial charge in [-0.15, -0.1) is 0 Å². The number of hydrogen-bond donors (Lipinski definition) is 1. The van der Waals surface area contributed by atoms with Crippen LogP contribution in [0.25, 0.3) is 0 Å². The van der Waals surface area contributed by atoms with Gasteiger partial charge in [-0.1, -0.05) is 13.8 Å². The molecule has 0 aliphatic heterocycles. The molecule has 2 saturated carbocycles. The van der Waals surface area contributed by atoms with Gasteiger partial charge in [0, 0.05) is 0 Å². The molecule has 2 nitrogen and oxygen atoms in total. The smallest absolute Gasteiger partial charge is 0.203 e. The van der Waals surface area contributed by atoms with E-state index < -0.39 is 0 Å². The van der Waals surface area contributed by atoms with E-state index >= 15 is 0 Å². The maximum atomic E-state index is 11.0. The van der Waals surface area contributed by atoms with E-state index in [9.17, 15) is 4.79 Å². The summed E-state index contributed by atoms with van der Waals surface area (Å²) in [6.07, 6.45) is 2.15. The first kappa shape index (κ1) is 6.35. The van der Waals surface area contributed by atoms with Crippen LogP contribution in [0.3, 0.4) is 0 Å². The molecule has 0 aromatic rings. The van der Waals surface area contributed by atoms with Gasteiger partial charge >= 0.3 is 0 Å². The molecule has 0 bridgehead atoms. The number of rotatable bonds is 0. The van der Waals surface area contributed by atoms with Gasteiger partial charge in [-0.05, 0) is 18.3 Å². The molecule has 0 aromatic carbocycles. The summed E-state index contributed by atoms with van der Waals surface area (Å²) in [6, 6.07) is 0.139. The summed E-state index contributed by atoms with van der Waals surface area (Å²) >= 11 is 0. The zero-order valence-corrected chi connectivity index (χ0v) is 6.61. The van der Waals surface area contributed by atoms with Crippen molar-refractivity contribution in [2.75, 3.05) is 0 Å². The number of hydrogen-bond acceptors (Lipinski definition) is 1. The Morgan fingerprint density at radius 2 is 1.90 bits per heavy atom. The molecule has 2 aliphatic rings. The monoisotopic (exact) mass is 140 g/mol. The molecule has 2 fully saturated rings. The fraction of sp³-hybridized carbons (Fsp3) is 0.875. The second kappa shape index (κ2) is 1.30. The molecule has 1 atom stereocenters. The summed E-state index contributed by atoms with van der Waals surface area (Å²) in [5, 5.41) is 0. The topological polar surface area (TPSA) is 44.7 Å². The lowest BCUT2D eigenvalue weighted by molar-refractivity contribution is -0.397. The van der Waals surface area contributed by atoms with Crippen molar-refractivity contribution < 1.29 is 10.5 Å². The summed E-state index contributed by atoms with van der Waals surface area (Å²) in [6.45, 7) is 4.44. The minimum atomic E-state index is 0.0729. The van der Waals surface area contributed by atoms with Crippen LogP contribution in [-0.4, -0.2) is 11.8 Å². The van der Waals surface area contributed by atoms with E-state index in [1.807, 2.05) is 0 Å². The minimum absolute atomic E-state index is 0.0729. The zero-order chi connectivity index (χ0) is 7.57. The molecular weight excluding hydrogens is 126 g/mol. The second-order valence-corrected chi connectivity index (χ2v) is 4.59. The van der Waals surface area contributed by atoms with Crippen LogP contribution in [-0.2, 0) is 4.79 Å². The van der Waals surface area contributed by atoms with E-state index in [4.69, 9.17) is 0 Å². The van der Waals surface area contributed by atoms with Gasteiger partial charge in [0.1, 0.15) is 0 Å². The quantitative estimate of drug-likeness (QED) is 0.505. The normalized spacial score (nSPS) is 39.5. The van der Waals surface area contributed by atoms with Crippen LogP contribution in [0, 0.1) is 10.8 Å². The number of quaternary nitrogens is 1. The molecular formula is C8H14NO+. The Labute approximate surface area is 60.8 Å². The van der Waals surface area contributed by atoms with Gasteiger partial charge in [-0.2, -0.15) is 0 Å². The Morgan fingerprint density at radius 3 is 2.00 bits per heavy atom. The van der Waals surface area contributed by atoms with E-state index in [1.165, 1.54) is 0 Å². The maximum absolute atomic E-state index is 11.0. The van der Waals surface area contributed by atoms with Crippen LogP contribution >= 0.6 is 0 Å². The third kappa shape index (κ3) is 0.511. The van der Waals surface area contributed by atoms with Crippen molar-refractivity contribution in [1.29, 1.82) is 0 Å². The van der Waals surface area contributed by atoms with Crippen molar-refractivity contribution in [3.05, 3.63) is 0 Å². The molecule has 0 heterocycles. The lowest BCUT2D eigenvalue weighted by atomic mass is 9.61. The molecule has 0 saturated heterocycles. The minimum Gasteiger partial charge on any atom is -0.348 e. The van der Waals surface area contributed by atoms with E-state index in [-0.39, 0.29) is 11.5 Å². The fourth-order valence-electron chi connectivity index (χ4n) is 2.54. The lowest BCUT2D eigenvalue weighted by Gasteiger charge is -2.41. The van der Waals surface area contributed by atoms with E-state index in [2.05, 4.69) is 19.6 Å². The average Bonchev–Trinajstić information content (AvgIpc) is 2.17. The van der Waals surface area contributed by atoms with Crippen LogP contribution in [0.4, 0.5) is 0 Å². The van der Waals surface area contributed by atoms with Crippen molar-refractivity contribution in [2.24, 2.45) is 10.8 Å². The van der Waals surface area contributed by atoms with Gasteiger partial charge in [0.25, 0.3) is 0 Å². The lowest BCUT2D eigenvalue weighted by Crippen LogP contribution is -2.58. The second-order valence-electron chi connectivity index (χ2n) is 4.59. The molecule has 1 spiro atoms. The SMILES string of the molecule is CC1(C)CC2(C1)C(=O)C2[NH3+]. The van der Waals surface area contributed by atoms with E-state index in [0.29, 0.717) is 11.2 Å². The predicted molar refractivity (Wildman–Crippen MR) is 37.1 cm³/mol. The zero-order valence-electron chi connectivity index (χ0n) is 6.61. The molecule has 1 unspecified atom stereocenters. The van der Waals surface area contributed by atoms with Crippen LogP contribution in [0.5, 0.6) is 0 Å². The predicted octanol–water partition coefficient (Wildman–Crippen LogP) is -0.0140. The van der Waals surface area contributed by atoms with Gasteiger partial charge in [0.2, 0.25) is 5.78 Å². The maximum Gasteiger partial charge on any atom is 0.203 e. The number of Topliss-reactive ketones (excluding diaryl/α,β-unsaturated/α-hetero) is 1. The molecule has 2 aliphatic carbocycles. The Kier molecular flexibility index (Phi) is 0.828. The Hall–Kier alpha value is -0.370. The summed E-state index contributed by atoms with van der Waals surface area (Å²) in [7, 11) is 0. The van der Waals surface area contributed by atoms with Crippen molar-refractivity contribution >= 4 is 5.78 Å². The fourth-order valence-corrected chi connectivity index (χ4v) is 2.54. The molecule has 3 N–H and O–H groups in total. The van der Waals surface area contributed by atoms with Gasteiger partial charge in [-0.3, -0.25) is 4.79 Å². The van der Waals surface area contributed by atoms with E-state index in [0.717, 1.165) is 12.8 Å². The summed E-state index contributed by atoms with van der Waals surface area (Å²) < 4.78 is 0. The first-order valence-electron chi connectivity index (χ1n) is 3.85. The number of carbonyl (C=O) groups excluding carboxylic acids is 1. The van der Waals surface area contributed by atoms with Crippen molar-refractivity contribution in [3.63, 3.8) is 0 Å². The Bertz CT molecular complexity index is 199. The third-order valence-corrected chi connectivity index (χ3v) is 2.98. The van der Waals surface area contributed by atoms with Gasteiger partial charge in [0.15, 0.2) is 6.04 Å². The van der Waals surface area contributed by atoms with Crippen LogP contribution in [0.1, 0.15) is 26.7 Å². The highest BCUT2D eigenvalue weighted by atomic mass is 16.1. The van der Waals surface area contributed by atoms with Crippen LogP contribution < -0.4 is 5.73 Å². The van der Waals surface area contributed by atoms with Crippen molar-refractivity contribution in [3.8, 4) is 0 Å². The number of ketones is 1. The highest BCUT2D eigenvalue weighted by Crippen LogP contribution is 2.64. The first-order valence-corrected chi connectivity index (χ1v) is 3.85. The van der Waals surface area contributed by atoms with Crippen molar-refractivity contribution in [1.82, 2.24) is 0 Å². The molecule has 2 heteroatoms.